The molecule has 2 aromatic carbocycles. The van der Waals surface area contributed by atoms with Crippen molar-refractivity contribution in [2.24, 2.45) is 0 Å². The molecule has 1 aliphatic heterocycles. The molecule has 1 aromatic heterocycles. The van der Waals surface area contributed by atoms with Crippen LogP contribution in [0.5, 0.6) is 0 Å². The number of rotatable bonds is 2. The molecule has 22 heavy (non-hydrogen) atoms. The molecule has 5 heteroatoms. The van der Waals surface area contributed by atoms with Crippen molar-refractivity contribution in [2.75, 3.05) is 7.05 Å². The zero-order valence-electron chi connectivity index (χ0n) is 12.1. The molecule has 1 aliphatic rings. The Morgan fingerprint density at radius 1 is 1.00 bits per heavy atom. The maximum absolute atomic E-state index is 12.0. The number of benzene rings is 2. The Bertz CT molecular complexity index is 855. The summed E-state index contributed by atoms with van der Waals surface area (Å²) >= 11 is 0. The van der Waals surface area contributed by atoms with E-state index in [2.05, 4.69) is 28.4 Å². The number of nitrogens with zero attached hydrogens (tertiary/aromatic N) is 4. The van der Waals surface area contributed by atoms with E-state index in [0.29, 0.717) is 6.54 Å². The van der Waals surface area contributed by atoms with Crippen molar-refractivity contribution in [1.82, 2.24) is 19.7 Å². The van der Waals surface area contributed by atoms with Crippen LogP contribution in [0, 0.1) is 0 Å². The summed E-state index contributed by atoms with van der Waals surface area (Å²) < 4.78 is 1.87. The highest BCUT2D eigenvalue weighted by molar-refractivity contribution is 5.98. The SMILES string of the molecule is CN1Cc2cc(-c3cccc(-n4cnnc4)c3)ccc2C1=O. The third-order valence-corrected chi connectivity index (χ3v) is 3.99. The van der Waals surface area contributed by atoms with Gasteiger partial charge in [-0.1, -0.05) is 18.2 Å². The van der Waals surface area contributed by atoms with Gasteiger partial charge in [-0.15, -0.1) is 10.2 Å². The van der Waals surface area contributed by atoms with E-state index in [9.17, 15) is 4.79 Å². The minimum Gasteiger partial charge on any atom is -0.337 e. The van der Waals surface area contributed by atoms with Crippen molar-refractivity contribution in [1.29, 1.82) is 0 Å². The second-order valence-electron chi connectivity index (χ2n) is 5.45. The van der Waals surface area contributed by atoms with Crippen LogP contribution in [0.1, 0.15) is 15.9 Å². The predicted molar refractivity (Wildman–Crippen MR) is 82.6 cm³/mol. The van der Waals surface area contributed by atoms with Gasteiger partial charge in [-0.25, -0.2) is 0 Å². The first-order valence-corrected chi connectivity index (χ1v) is 7.06. The molecule has 0 unspecified atom stereocenters. The van der Waals surface area contributed by atoms with E-state index in [1.807, 2.05) is 35.9 Å². The van der Waals surface area contributed by atoms with Crippen LogP contribution in [0.2, 0.25) is 0 Å². The maximum Gasteiger partial charge on any atom is 0.254 e. The zero-order chi connectivity index (χ0) is 15.1. The highest BCUT2D eigenvalue weighted by atomic mass is 16.2. The average Bonchev–Trinajstić information content (AvgIpc) is 3.17. The lowest BCUT2D eigenvalue weighted by Gasteiger charge is -2.07. The van der Waals surface area contributed by atoms with Crippen LogP contribution < -0.4 is 0 Å². The van der Waals surface area contributed by atoms with Crippen molar-refractivity contribution in [3.8, 4) is 16.8 Å². The standard InChI is InChI=1S/C17H14N4O/c1-20-9-14-7-13(5-6-16(14)17(20)22)12-3-2-4-15(8-12)21-10-18-19-11-21/h2-8,10-11H,9H2,1H3. The summed E-state index contributed by atoms with van der Waals surface area (Å²) in [5, 5.41) is 7.67. The van der Waals surface area contributed by atoms with Gasteiger partial charge in [0.1, 0.15) is 12.7 Å². The molecular weight excluding hydrogens is 276 g/mol. The average molecular weight is 290 g/mol. The van der Waals surface area contributed by atoms with Gasteiger partial charge in [0, 0.05) is 24.8 Å². The Morgan fingerprint density at radius 3 is 2.59 bits per heavy atom. The molecule has 4 rings (SSSR count). The molecule has 1 amide bonds. The Hall–Kier alpha value is -2.95. The first-order chi connectivity index (χ1) is 10.7. The molecule has 0 spiro atoms. The molecule has 0 bridgehead atoms. The molecule has 0 radical (unpaired) electrons. The summed E-state index contributed by atoms with van der Waals surface area (Å²) in [4.78, 5) is 13.7. The summed E-state index contributed by atoms with van der Waals surface area (Å²) in [7, 11) is 1.83. The number of amides is 1. The zero-order valence-corrected chi connectivity index (χ0v) is 12.1. The minimum atomic E-state index is 0.0970. The van der Waals surface area contributed by atoms with Crippen LogP contribution in [0.3, 0.4) is 0 Å². The number of aromatic nitrogens is 3. The van der Waals surface area contributed by atoms with Crippen molar-refractivity contribution >= 4 is 5.91 Å². The van der Waals surface area contributed by atoms with Gasteiger partial charge in [0.15, 0.2) is 0 Å². The molecule has 2 heterocycles. The summed E-state index contributed by atoms with van der Waals surface area (Å²) in [6.07, 6.45) is 3.35. The minimum absolute atomic E-state index is 0.0970. The normalized spacial score (nSPS) is 13.5. The Morgan fingerprint density at radius 2 is 1.77 bits per heavy atom. The predicted octanol–water partition coefficient (Wildman–Crippen LogP) is 2.52. The highest BCUT2D eigenvalue weighted by Crippen LogP contribution is 2.28. The van der Waals surface area contributed by atoms with Gasteiger partial charge in [0.25, 0.3) is 5.91 Å². The first-order valence-electron chi connectivity index (χ1n) is 7.06. The van der Waals surface area contributed by atoms with Crippen LogP contribution in [0.15, 0.2) is 55.1 Å². The summed E-state index contributed by atoms with van der Waals surface area (Å²) in [5.41, 5.74) is 5.12. The van der Waals surface area contributed by atoms with Crippen molar-refractivity contribution < 1.29 is 4.79 Å². The fraction of sp³-hybridized carbons (Fsp3) is 0.118. The van der Waals surface area contributed by atoms with Gasteiger partial charge < -0.3 is 4.90 Å². The number of fused-ring (bicyclic) bond motifs is 1. The van der Waals surface area contributed by atoms with Gasteiger partial charge in [0.2, 0.25) is 0 Å². The van der Waals surface area contributed by atoms with E-state index in [1.165, 1.54) is 0 Å². The van der Waals surface area contributed by atoms with Crippen LogP contribution in [0.4, 0.5) is 0 Å². The van der Waals surface area contributed by atoms with Gasteiger partial charge in [-0.2, -0.15) is 0 Å². The Kier molecular flexibility index (Phi) is 2.79. The van der Waals surface area contributed by atoms with E-state index in [4.69, 9.17) is 0 Å². The lowest BCUT2D eigenvalue weighted by molar-refractivity contribution is 0.0816. The van der Waals surface area contributed by atoms with E-state index < -0.39 is 0 Å². The van der Waals surface area contributed by atoms with E-state index >= 15 is 0 Å². The third kappa shape index (κ3) is 1.98. The van der Waals surface area contributed by atoms with Crippen LogP contribution in [0.25, 0.3) is 16.8 Å². The van der Waals surface area contributed by atoms with Crippen molar-refractivity contribution in [3.63, 3.8) is 0 Å². The van der Waals surface area contributed by atoms with Crippen LogP contribution in [-0.2, 0) is 6.54 Å². The first kappa shape index (κ1) is 12.8. The topological polar surface area (TPSA) is 51.0 Å². The Labute approximate surface area is 127 Å². The van der Waals surface area contributed by atoms with E-state index in [0.717, 1.165) is 27.9 Å². The number of carbonyl (C=O) groups excluding carboxylic acids is 1. The lowest BCUT2D eigenvalue weighted by atomic mass is 10.00. The molecule has 0 N–H and O–H groups in total. The molecule has 108 valence electrons. The lowest BCUT2D eigenvalue weighted by Crippen LogP contribution is -2.17. The fourth-order valence-electron chi connectivity index (χ4n) is 2.83. The van der Waals surface area contributed by atoms with Crippen LogP contribution in [-0.4, -0.2) is 32.6 Å². The summed E-state index contributed by atoms with van der Waals surface area (Å²) in [5.74, 6) is 0.0970. The third-order valence-electron chi connectivity index (χ3n) is 3.99. The second kappa shape index (κ2) is 4.80. The molecular formula is C17H14N4O. The van der Waals surface area contributed by atoms with Crippen molar-refractivity contribution in [2.45, 2.75) is 6.54 Å². The Balaban J connectivity index is 1.76. The van der Waals surface area contributed by atoms with E-state index in [-0.39, 0.29) is 5.91 Å². The number of hydrogen-bond donors (Lipinski definition) is 0. The highest BCUT2D eigenvalue weighted by Gasteiger charge is 2.24. The van der Waals surface area contributed by atoms with Gasteiger partial charge in [-0.3, -0.25) is 9.36 Å². The monoisotopic (exact) mass is 290 g/mol. The quantitative estimate of drug-likeness (QED) is 0.728. The van der Waals surface area contributed by atoms with E-state index in [1.54, 1.807) is 17.6 Å². The number of hydrogen-bond acceptors (Lipinski definition) is 3. The smallest absolute Gasteiger partial charge is 0.254 e. The molecule has 0 saturated carbocycles. The summed E-state index contributed by atoms with van der Waals surface area (Å²) in [6, 6.07) is 14.2. The largest absolute Gasteiger partial charge is 0.337 e. The molecule has 3 aromatic rings. The maximum atomic E-state index is 12.0. The van der Waals surface area contributed by atoms with Crippen LogP contribution >= 0.6 is 0 Å². The number of carbonyl (C=O) groups is 1. The van der Waals surface area contributed by atoms with Gasteiger partial charge in [0.05, 0.1) is 0 Å². The molecule has 5 nitrogen and oxygen atoms in total. The molecule has 0 fully saturated rings. The second-order valence-corrected chi connectivity index (χ2v) is 5.45. The molecule has 0 atom stereocenters. The fourth-order valence-corrected chi connectivity index (χ4v) is 2.83. The molecule has 0 aliphatic carbocycles. The molecule has 0 saturated heterocycles. The summed E-state index contributed by atoms with van der Waals surface area (Å²) in [6.45, 7) is 0.674. The van der Waals surface area contributed by atoms with Gasteiger partial charge in [-0.05, 0) is 41.0 Å². The van der Waals surface area contributed by atoms with Crippen molar-refractivity contribution in [3.05, 3.63) is 66.2 Å². The van der Waals surface area contributed by atoms with Gasteiger partial charge >= 0.3 is 0 Å².